The molecule has 0 aliphatic heterocycles. The van der Waals surface area contributed by atoms with Gasteiger partial charge >= 0.3 is 0 Å². The molecule has 3 nitrogen and oxygen atoms in total. The van der Waals surface area contributed by atoms with Gasteiger partial charge in [0, 0.05) is 9.37 Å². The lowest BCUT2D eigenvalue weighted by atomic mass is 9.87. The molecule has 0 aliphatic rings. The van der Waals surface area contributed by atoms with E-state index in [4.69, 9.17) is 4.74 Å². The smallest absolute Gasteiger partial charge is 0.234 e. The van der Waals surface area contributed by atoms with Crippen LogP contribution in [0.2, 0.25) is 0 Å². The normalized spacial score (nSPS) is 11.4. The van der Waals surface area contributed by atoms with Crippen LogP contribution in [0.5, 0.6) is 5.75 Å². The van der Waals surface area contributed by atoms with Crippen LogP contribution in [0.15, 0.2) is 42.6 Å². The Balaban J connectivity index is 2.14. The summed E-state index contributed by atoms with van der Waals surface area (Å²) in [5.74, 6) is 0.882. The zero-order valence-electron chi connectivity index (χ0n) is 15.9. The monoisotopic (exact) mass is 577 g/mol. The van der Waals surface area contributed by atoms with Crippen LogP contribution in [-0.2, 0) is 10.2 Å². The van der Waals surface area contributed by atoms with Crippen LogP contribution in [0.4, 0.5) is 5.69 Å². The van der Waals surface area contributed by atoms with Gasteiger partial charge in [-0.15, -0.1) is 11.8 Å². The van der Waals surface area contributed by atoms with E-state index in [1.807, 2.05) is 6.07 Å². The highest BCUT2D eigenvalue weighted by atomic mass is 79.9. The summed E-state index contributed by atoms with van der Waals surface area (Å²) in [6.07, 6.45) is 0. The van der Waals surface area contributed by atoms with Crippen molar-refractivity contribution in [2.45, 2.75) is 38.0 Å². The number of hydrogen-bond acceptors (Lipinski definition) is 3. The van der Waals surface area contributed by atoms with Gasteiger partial charge in [-0.2, -0.15) is 0 Å². The standard InChI is InChI=1S/C20H22Br3NO2S/c1-11-6-7-12(20(2,3)4)8-15(11)27-10-16(25)24-18-13(21)9-14(22)19(26-5)17(18)23/h6-9H,10H2,1-5H3,(H,24,25). The van der Waals surface area contributed by atoms with E-state index in [0.29, 0.717) is 21.7 Å². The number of amides is 1. The molecule has 0 aromatic heterocycles. The lowest BCUT2D eigenvalue weighted by Gasteiger charge is -2.20. The third-order valence-corrected chi connectivity index (χ3v) is 7.14. The number of nitrogens with one attached hydrogen (secondary N) is 1. The van der Waals surface area contributed by atoms with Crippen LogP contribution in [0.3, 0.4) is 0 Å². The minimum atomic E-state index is -0.0775. The molecule has 0 aliphatic carbocycles. The van der Waals surface area contributed by atoms with Gasteiger partial charge in [0.15, 0.2) is 0 Å². The average molecular weight is 580 g/mol. The first-order chi connectivity index (χ1) is 12.5. The van der Waals surface area contributed by atoms with Crippen molar-refractivity contribution in [3.63, 3.8) is 0 Å². The van der Waals surface area contributed by atoms with Gasteiger partial charge in [0.25, 0.3) is 0 Å². The van der Waals surface area contributed by atoms with E-state index in [-0.39, 0.29) is 11.3 Å². The van der Waals surface area contributed by atoms with Crippen molar-refractivity contribution in [1.29, 1.82) is 0 Å². The van der Waals surface area contributed by atoms with E-state index in [2.05, 4.69) is 99.0 Å². The van der Waals surface area contributed by atoms with Crippen LogP contribution in [0.25, 0.3) is 0 Å². The van der Waals surface area contributed by atoms with Crippen molar-refractivity contribution in [2.75, 3.05) is 18.2 Å². The lowest BCUT2D eigenvalue weighted by Crippen LogP contribution is -2.15. The molecule has 0 saturated carbocycles. The summed E-state index contributed by atoms with van der Waals surface area (Å²) in [5, 5.41) is 2.96. The fourth-order valence-corrected chi connectivity index (χ4v) is 5.92. The minimum Gasteiger partial charge on any atom is -0.494 e. The summed E-state index contributed by atoms with van der Waals surface area (Å²) < 4.78 is 7.63. The van der Waals surface area contributed by atoms with E-state index < -0.39 is 0 Å². The van der Waals surface area contributed by atoms with Gasteiger partial charge in [0.05, 0.1) is 27.5 Å². The minimum absolute atomic E-state index is 0.0775. The van der Waals surface area contributed by atoms with Crippen molar-refractivity contribution in [2.24, 2.45) is 0 Å². The summed E-state index contributed by atoms with van der Waals surface area (Å²) >= 11 is 12.0. The van der Waals surface area contributed by atoms with Gasteiger partial charge in [0.1, 0.15) is 5.75 Å². The molecule has 2 aromatic carbocycles. The van der Waals surface area contributed by atoms with Gasteiger partial charge in [0.2, 0.25) is 5.91 Å². The van der Waals surface area contributed by atoms with E-state index in [9.17, 15) is 4.79 Å². The molecule has 7 heteroatoms. The van der Waals surface area contributed by atoms with Gasteiger partial charge in [-0.3, -0.25) is 4.79 Å². The SMILES string of the molecule is COc1c(Br)cc(Br)c(NC(=O)CSc2cc(C(C)(C)C)ccc2C)c1Br. The fourth-order valence-electron chi connectivity index (χ4n) is 2.41. The average Bonchev–Trinajstić information content (AvgIpc) is 2.57. The van der Waals surface area contributed by atoms with Crippen molar-refractivity contribution in [1.82, 2.24) is 0 Å². The Morgan fingerprint density at radius 2 is 1.81 bits per heavy atom. The molecule has 0 atom stereocenters. The summed E-state index contributed by atoms with van der Waals surface area (Å²) in [4.78, 5) is 13.7. The Bertz CT molecular complexity index is 863. The predicted octanol–water partition coefficient (Wildman–Crippen LogP) is 7.32. The van der Waals surface area contributed by atoms with E-state index >= 15 is 0 Å². The number of methoxy groups -OCH3 is 1. The highest BCUT2D eigenvalue weighted by Gasteiger charge is 2.18. The second-order valence-electron chi connectivity index (χ2n) is 7.13. The number of carbonyl (C=O) groups is 1. The van der Waals surface area contributed by atoms with Gasteiger partial charge in [-0.25, -0.2) is 0 Å². The molecule has 0 spiro atoms. The summed E-state index contributed by atoms with van der Waals surface area (Å²) in [7, 11) is 1.59. The molecule has 0 bridgehead atoms. The van der Waals surface area contributed by atoms with Crippen molar-refractivity contribution >= 4 is 71.1 Å². The number of aryl methyl sites for hydroxylation is 1. The summed E-state index contributed by atoms with van der Waals surface area (Å²) in [5.41, 5.74) is 3.17. The second-order valence-corrected chi connectivity index (χ2v) is 10.6. The van der Waals surface area contributed by atoms with Crippen molar-refractivity contribution in [3.8, 4) is 5.75 Å². The van der Waals surface area contributed by atoms with Gasteiger partial charge < -0.3 is 10.1 Å². The third-order valence-electron chi connectivity index (χ3n) is 4.01. The van der Waals surface area contributed by atoms with E-state index in [1.165, 1.54) is 11.1 Å². The van der Waals surface area contributed by atoms with Gasteiger partial charge in [-0.1, -0.05) is 32.9 Å². The van der Waals surface area contributed by atoms with E-state index in [0.717, 1.165) is 13.8 Å². The molecule has 0 saturated heterocycles. The molecular weight excluding hydrogens is 558 g/mol. The van der Waals surface area contributed by atoms with Crippen LogP contribution in [0.1, 0.15) is 31.9 Å². The Morgan fingerprint density at radius 3 is 2.41 bits per heavy atom. The molecule has 1 amide bonds. The Labute approximate surface area is 190 Å². The van der Waals surface area contributed by atoms with E-state index in [1.54, 1.807) is 18.9 Å². The number of hydrogen-bond donors (Lipinski definition) is 1. The Kier molecular flexibility index (Phi) is 7.88. The number of ether oxygens (including phenoxy) is 1. The van der Waals surface area contributed by atoms with Crippen LogP contribution in [-0.4, -0.2) is 18.8 Å². The third kappa shape index (κ3) is 5.75. The molecule has 2 aromatic rings. The number of anilines is 1. The number of rotatable bonds is 5. The molecule has 0 radical (unpaired) electrons. The molecule has 27 heavy (non-hydrogen) atoms. The van der Waals surface area contributed by atoms with Crippen molar-refractivity contribution in [3.05, 3.63) is 48.8 Å². The lowest BCUT2D eigenvalue weighted by molar-refractivity contribution is -0.113. The predicted molar refractivity (Wildman–Crippen MR) is 125 cm³/mol. The summed E-state index contributed by atoms with van der Waals surface area (Å²) in [6.45, 7) is 8.64. The maximum atomic E-state index is 12.5. The summed E-state index contributed by atoms with van der Waals surface area (Å²) in [6, 6.07) is 8.31. The van der Waals surface area contributed by atoms with Crippen LogP contribution in [0, 0.1) is 6.92 Å². The van der Waals surface area contributed by atoms with Crippen LogP contribution < -0.4 is 10.1 Å². The first-order valence-electron chi connectivity index (χ1n) is 8.30. The molecule has 0 heterocycles. The van der Waals surface area contributed by atoms with Gasteiger partial charge in [-0.05, 0) is 83.4 Å². The zero-order valence-corrected chi connectivity index (χ0v) is 21.4. The zero-order chi connectivity index (χ0) is 20.4. The number of thioether (sulfide) groups is 1. The topological polar surface area (TPSA) is 38.3 Å². The van der Waals surface area contributed by atoms with Crippen molar-refractivity contribution < 1.29 is 9.53 Å². The highest BCUT2D eigenvalue weighted by molar-refractivity contribution is 9.11. The molecule has 1 N–H and O–H groups in total. The van der Waals surface area contributed by atoms with Crippen LogP contribution >= 0.6 is 59.6 Å². The quantitative estimate of drug-likeness (QED) is 0.377. The fraction of sp³-hybridized carbons (Fsp3) is 0.350. The molecule has 2 rings (SSSR count). The number of benzene rings is 2. The molecule has 0 fully saturated rings. The number of halogens is 3. The second kappa shape index (κ2) is 9.33. The molecule has 0 unspecified atom stereocenters. The Morgan fingerprint density at radius 1 is 1.15 bits per heavy atom. The maximum absolute atomic E-state index is 12.5. The Hall–Kier alpha value is -0.500. The first-order valence-corrected chi connectivity index (χ1v) is 11.7. The first kappa shape index (κ1) is 22.8. The number of carbonyl (C=O) groups excluding carboxylic acids is 1. The largest absolute Gasteiger partial charge is 0.494 e. The maximum Gasteiger partial charge on any atom is 0.234 e. The molecule has 146 valence electrons. The highest BCUT2D eigenvalue weighted by Crippen LogP contribution is 2.43. The molecular formula is C20H22Br3NO2S.